The van der Waals surface area contributed by atoms with Crippen molar-refractivity contribution in [2.75, 3.05) is 17.3 Å². The van der Waals surface area contributed by atoms with E-state index in [1.54, 1.807) is 0 Å². The van der Waals surface area contributed by atoms with Crippen molar-refractivity contribution in [3.8, 4) is 0 Å². The van der Waals surface area contributed by atoms with Gasteiger partial charge in [0.2, 0.25) is 0 Å². The van der Waals surface area contributed by atoms with Crippen molar-refractivity contribution in [1.82, 2.24) is 0 Å². The van der Waals surface area contributed by atoms with E-state index in [0.717, 1.165) is 5.92 Å². The van der Waals surface area contributed by atoms with E-state index >= 15 is 0 Å². The van der Waals surface area contributed by atoms with Gasteiger partial charge in [0.1, 0.15) is 0 Å². The predicted molar refractivity (Wildman–Crippen MR) is 85.2 cm³/mol. The van der Waals surface area contributed by atoms with Crippen LogP contribution in [0, 0.1) is 5.92 Å². The first-order valence-corrected chi connectivity index (χ1v) is 7.59. The van der Waals surface area contributed by atoms with Gasteiger partial charge in [-0.1, -0.05) is 13.8 Å². The van der Waals surface area contributed by atoms with E-state index in [2.05, 4.69) is 63.2 Å². The summed E-state index contributed by atoms with van der Waals surface area (Å²) in [4.78, 5) is 2.41. The van der Waals surface area contributed by atoms with Crippen molar-refractivity contribution in [2.45, 2.75) is 59.0 Å². The Bertz CT molecular complexity index is 425. The molecule has 19 heavy (non-hydrogen) atoms. The van der Waals surface area contributed by atoms with Gasteiger partial charge in [-0.15, -0.1) is 0 Å². The number of nitrogens with zero attached hydrogens (tertiary/aromatic N) is 1. The van der Waals surface area contributed by atoms with Gasteiger partial charge in [-0.25, -0.2) is 0 Å². The number of rotatable bonds is 4. The first-order chi connectivity index (χ1) is 8.97. The molecule has 0 aromatic heterocycles. The van der Waals surface area contributed by atoms with E-state index < -0.39 is 0 Å². The summed E-state index contributed by atoms with van der Waals surface area (Å²) < 4.78 is 0. The fourth-order valence-corrected chi connectivity index (χ4v) is 2.95. The second-order valence-corrected chi connectivity index (χ2v) is 6.51. The van der Waals surface area contributed by atoms with Crippen LogP contribution in [-0.2, 0) is 6.42 Å². The zero-order chi connectivity index (χ0) is 14.0. The highest BCUT2D eigenvalue weighted by Crippen LogP contribution is 2.29. The Kier molecular flexibility index (Phi) is 4.38. The monoisotopic (exact) mass is 260 g/mol. The third kappa shape index (κ3) is 3.43. The summed E-state index contributed by atoms with van der Waals surface area (Å²) in [5, 5.41) is 3.57. The lowest BCUT2D eigenvalue weighted by Crippen LogP contribution is -2.30. The molecule has 1 aliphatic heterocycles. The summed E-state index contributed by atoms with van der Waals surface area (Å²) in [6, 6.07) is 8.06. The molecule has 1 N–H and O–H groups in total. The fourth-order valence-electron chi connectivity index (χ4n) is 2.95. The van der Waals surface area contributed by atoms with Gasteiger partial charge in [0, 0.05) is 30.5 Å². The number of nitrogens with one attached hydrogen (secondary N) is 1. The highest BCUT2D eigenvalue weighted by atomic mass is 15.1. The van der Waals surface area contributed by atoms with Gasteiger partial charge in [0.25, 0.3) is 0 Å². The van der Waals surface area contributed by atoms with E-state index in [0.29, 0.717) is 12.1 Å². The Morgan fingerprint density at radius 1 is 1.32 bits per heavy atom. The Morgan fingerprint density at radius 3 is 2.74 bits per heavy atom. The number of fused-ring (bicyclic) bond motifs is 1. The van der Waals surface area contributed by atoms with E-state index in [4.69, 9.17) is 0 Å². The molecule has 1 aliphatic rings. The van der Waals surface area contributed by atoms with Crippen LogP contribution in [0.3, 0.4) is 0 Å². The normalized spacial score (nSPS) is 19.8. The van der Waals surface area contributed by atoms with E-state index in [9.17, 15) is 0 Å². The predicted octanol–water partition coefficient (Wildman–Crippen LogP) is 4.30. The summed E-state index contributed by atoms with van der Waals surface area (Å²) in [6.07, 6.45) is 3.67. The maximum Gasteiger partial charge on any atom is 0.0376 e. The molecule has 2 atom stereocenters. The molecule has 0 fully saturated rings. The first kappa shape index (κ1) is 14.2. The zero-order valence-electron chi connectivity index (χ0n) is 13.0. The largest absolute Gasteiger partial charge is 0.382 e. The Labute approximate surface area is 118 Å². The van der Waals surface area contributed by atoms with Gasteiger partial charge in [0.05, 0.1) is 0 Å². The molecule has 1 aromatic carbocycles. The molecule has 0 radical (unpaired) electrons. The molecule has 1 aromatic rings. The van der Waals surface area contributed by atoms with E-state index in [1.165, 1.54) is 36.2 Å². The van der Waals surface area contributed by atoms with Gasteiger partial charge >= 0.3 is 0 Å². The SMILES string of the molecule is CC(C)CC(C)N(C)c1ccc2c(c1)CCC(C)N2. The Balaban J connectivity index is 2.13. The molecule has 2 rings (SSSR count). The summed E-state index contributed by atoms with van der Waals surface area (Å²) in [5.74, 6) is 0.748. The number of aryl methyl sites for hydroxylation is 1. The minimum atomic E-state index is 0.591. The third-order valence-corrected chi connectivity index (χ3v) is 4.22. The quantitative estimate of drug-likeness (QED) is 0.868. The molecular weight excluding hydrogens is 232 g/mol. The van der Waals surface area contributed by atoms with Gasteiger partial charge in [-0.05, 0) is 62.8 Å². The van der Waals surface area contributed by atoms with Crippen molar-refractivity contribution in [2.24, 2.45) is 5.92 Å². The number of hydrogen-bond donors (Lipinski definition) is 1. The van der Waals surface area contributed by atoms with Crippen LogP contribution in [0.25, 0.3) is 0 Å². The van der Waals surface area contributed by atoms with Gasteiger partial charge in [-0.3, -0.25) is 0 Å². The molecule has 0 bridgehead atoms. The number of benzene rings is 1. The molecule has 0 aliphatic carbocycles. The molecule has 1 heterocycles. The molecule has 0 saturated carbocycles. The van der Waals surface area contributed by atoms with E-state index in [-0.39, 0.29) is 0 Å². The second kappa shape index (κ2) is 5.85. The van der Waals surface area contributed by atoms with Gasteiger partial charge in [0.15, 0.2) is 0 Å². The summed E-state index contributed by atoms with van der Waals surface area (Å²) >= 11 is 0. The van der Waals surface area contributed by atoms with Crippen molar-refractivity contribution < 1.29 is 0 Å². The Hall–Kier alpha value is -1.18. The average molecular weight is 260 g/mol. The molecule has 0 amide bonds. The van der Waals surface area contributed by atoms with Crippen LogP contribution in [0.5, 0.6) is 0 Å². The van der Waals surface area contributed by atoms with Crippen molar-refractivity contribution in [3.05, 3.63) is 23.8 Å². The molecule has 106 valence electrons. The van der Waals surface area contributed by atoms with Gasteiger partial charge in [-0.2, -0.15) is 0 Å². The first-order valence-electron chi connectivity index (χ1n) is 7.59. The smallest absolute Gasteiger partial charge is 0.0376 e. The van der Waals surface area contributed by atoms with Crippen molar-refractivity contribution >= 4 is 11.4 Å². The van der Waals surface area contributed by atoms with Crippen LogP contribution in [0.2, 0.25) is 0 Å². The molecule has 0 saturated heterocycles. The standard InChI is InChI=1S/C17H28N2/c1-12(2)10-14(4)19(5)16-8-9-17-15(11-16)7-6-13(3)18-17/h8-9,11-14,18H,6-7,10H2,1-5H3. The molecule has 2 unspecified atom stereocenters. The van der Waals surface area contributed by atoms with Crippen molar-refractivity contribution in [3.63, 3.8) is 0 Å². The van der Waals surface area contributed by atoms with Gasteiger partial charge < -0.3 is 10.2 Å². The van der Waals surface area contributed by atoms with E-state index in [1.807, 2.05) is 0 Å². The highest BCUT2D eigenvalue weighted by molar-refractivity contribution is 5.62. The van der Waals surface area contributed by atoms with Crippen LogP contribution in [0.15, 0.2) is 18.2 Å². The number of anilines is 2. The minimum absolute atomic E-state index is 0.591. The highest BCUT2D eigenvalue weighted by Gasteiger charge is 2.17. The lowest BCUT2D eigenvalue weighted by molar-refractivity contribution is 0.504. The lowest BCUT2D eigenvalue weighted by atomic mass is 9.97. The molecule has 2 heteroatoms. The summed E-state index contributed by atoms with van der Waals surface area (Å²) in [5.41, 5.74) is 4.15. The van der Waals surface area contributed by atoms with Crippen LogP contribution in [0.4, 0.5) is 11.4 Å². The van der Waals surface area contributed by atoms with Crippen molar-refractivity contribution in [1.29, 1.82) is 0 Å². The maximum absolute atomic E-state index is 3.57. The second-order valence-electron chi connectivity index (χ2n) is 6.51. The van der Waals surface area contributed by atoms with Crippen LogP contribution in [-0.4, -0.2) is 19.1 Å². The maximum atomic E-state index is 3.57. The third-order valence-electron chi connectivity index (χ3n) is 4.22. The molecule has 0 spiro atoms. The number of hydrogen-bond acceptors (Lipinski definition) is 2. The Morgan fingerprint density at radius 2 is 2.05 bits per heavy atom. The fraction of sp³-hybridized carbons (Fsp3) is 0.647. The topological polar surface area (TPSA) is 15.3 Å². The zero-order valence-corrected chi connectivity index (χ0v) is 13.0. The van der Waals surface area contributed by atoms with Crippen LogP contribution >= 0.6 is 0 Å². The molecule has 2 nitrogen and oxygen atoms in total. The summed E-state index contributed by atoms with van der Waals surface area (Å²) in [6.45, 7) is 9.17. The van der Waals surface area contributed by atoms with Crippen LogP contribution < -0.4 is 10.2 Å². The summed E-state index contributed by atoms with van der Waals surface area (Å²) in [7, 11) is 2.22. The average Bonchev–Trinajstić information content (AvgIpc) is 2.36. The lowest BCUT2D eigenvalue weighted by Gasteiger charge is -2.31. The van der Waals surface area contributed by atoms with Crippen LogP contribution in [0.1, 0.15) is 46.1 Å². The minimum Gasteiger partial charge on any atom is -0.382 e. The molecular formula is C17H28N2.